The number of rotatable bonds is 2. The SMILES string of the molecule is Cc1cc(N2CCN(C)C(C)(C)C2)c(C(=N)N)c(C)n1. The number of piperazine rings is 1. The lowest BCUT2D eigenvalue weighted by molar-refractivity contribution is 0.139. The van der Waals surface area contributed by atoms with Gasteiger partial charge in [-0.15, -0.1) is 0 Å². The fraction of sp³-hybridized carbons (Fsp3) is 0.600. The van der Waals surface area contributed by atoms with Crippen molar-refractivity contribution in [2.24, 2.45) is 5.73 Å². The molecule has 1 fully saturated rings. The van der Waals surface area contributed by atoms with Gasteiger partial charge in [0.2, 0.25) is 0 Å². The number of pyridine rings is 1. The maximum absolute atomic E-state index is 7.85. The molecule has 0 aromatic carbocycles. The minimum Gasteiger partial charge on any atom is -0.384 e. The van der Waals surface area contributed by atoms with E-state index in [1.54, 1.807) is 0 Å². The average Bonchev–Trinajstić information content (AvgIpc) is 2.30. The highest BCUT2D eigenvalue weighted by molar-refractivity contribution is 6.01. The van der Waals surface area contributed by atoms with E-state index in [2.05, 4.69) is 35.7 Å². The molecule has 0 bridgehead atoms. The first-order valence-corrected chi connectivity index (χ1v) is 7.01. The van der Waals surface area contributed by atoms with Crippen molar-refractivity contribution in [3.63, 3.8) is 0 Å². The lowest BCUT2D eigenvalue weighted by Gasteiger charge is -2.46. The summed E-state index contributed by atoms with van der Waals surface area (Å²) in [6.45, 7) is 11.3. The van der Waals surface area contributed by atoms with Gasteiger partial charge >= 0.3 is 0 Å². The maximum atomic E-state index is 7.85. The molecule has 0 atom stereocenters. The first kappa shape index (κ1) is 14.8. The smallest absolute Gasteiger partial charge is 0.126 e. The molecule has 0 radical (unpaired) electrons. The molecule has 0 amide bonds. The quantitative estimate of drug-likeness (QED) is 0.634. The third-order valence-electron chi connectivity index (χ3n) is 4.23. The molecule has 0 aliphatic carbocycles. The number of aryl methyl sites for hydroxylation is 2. The summed E-state index contributed by atoms with van der Waals surface area (Å²) in [4.78, 5) is 9.15. The van der Waals surface area contributed by atoms with E-state index in [1.807, 2.05) is 19.9 Å². The molecule has 3 N–H and O–H groups in total. The van der Waals surface area contributed by atoms with Crippen LogP contribution in [0.25, 0.3) is 0 Å². The van der Waals surface area contributed by atoms with Gasteiger partial charge in [-0.2, -0.15) is 0 Å². The molecule has 1 saturated heterocycles. The van der Waals surface area contributed by atoms with E-state index in [9.17, 15) is 0 Å². The number of hydrogen-bond acceptors (Lipinski definition) is 4. The van der Waals surface area contributed by atoms with Gasteiger partial charge in [0.1, 0.15) is 5.84 Å². The number of nitrogen functional groups attached to an aromatic ring is 1. The summed E-state index contributed by atoms with van der Waals surface area (Å²) in [6.07, 6.45) is 0. The Labute approximate surface area is 121 Å². The van der Waals surface area contributed by atoms with Gasteiger partial charge < -0.3 is 10.6 Å². The molecule has 5 nitrogen and oxygen atoms in total. The van der Waals surface area contributed by atoms with E-state index in [0.29, 0.717) is 0 Å². The molecule has 1 aliphatic heterocycles. The van der Waals surface area contributed by atoms with Crippen LogP contribution in [0.4, 0.5) is 5.69 Å². The average molecular weight is 275 g/mol. The Hall–Kier alpha value is -1.62. The number of anilines is 1. The van der Waals surface area contributed by atoms with Crippen LogP contribution in [-0.2, 0) is 0 Å². The standard InChI is InChI=1S/C15H25N5/c1-10-8-12(13(14(16)17)11(2)18-10)20-7-6-19(5)15(3,4)9-20/h8H,6-7,9H2,1-5H3,(H3,16,17). The van der Waals surface area contributed by atoms with Gasteiger partial charge in [0.15, 0.2) is 0 Å². The third-order valence-corrected chi connectivity index (χ3v) is 4.23. The van der Waals surface area contributed by atoms with Crippen LogP contribution < -0.4 is 10.6 Å². The van der Waals surface area contributed by atoms with E-state index < -0.39 is 0 Å². The molecule has 1 aromatic rings. The van der Waals surface area contributed by atoms with Crippen molar-refractivity contribution in [1.29, 1.82) is 5.41 Å². The fourth-order valence-corrected chi connectivity index (χ4v) is 2.84. The molecule has 0 spiro atoms. The second-order valence-electron chi connectivity index (χ2n) is 6.31. The molecular formula is C15H25N5. The zero-order chi connectivity index (χ0) is 15.1. The molecule has 20 heavy (non-hydrogen) atoms. The molecular weight excluding hydrogens is 250 g/mol. The summed E-state index contributed by atoms with van der Waals surface area (Å²) in [6, 6.07) is 2.05. The maximum Gasteiger partial charge on any atom is 0.126 e. The number of nitrogens with zero attached hydrogens (tertiary/aromatic N) is 3. The minimum absolute atomic E-state index is 0.0988. The van der Waals surface area contributed by atoms with Crippen LogP contribution in [0.15, 0.2) is 6.07 Å². The van der Waals surface area contributed by atoms with Gasteiger partial charge in [-0.25, -0.2) is 0 Å². The molecule has 2 heterocycles. The molecule has 1 aromatic heterocycles. The van der Waals surface area contributed by atoms with E-state index >= 15 is 0 Å². The highest BCUT2D eigenvalue weighted by Gasteiger charge is 2.32. The largest absolute Gasteiger partial charge is 0.384 e. The van der Waals surface area contributed by atoms with Crippen LogP contribution in [0.3, 0.4) is 0 Å². The summed E-state index contributed by atoms with van der Waals surface area (Å²) in [5.74, 6) is 0.0988. The van der Waals surface area contributed by atoms with Crippen LogP contribution in [-0.4, -0.2) is 47.9 Å². The molecule has 5 heteroatoms. The zero-order valence-corrected chi connectivity index (χ0v) is 13.1. The summed E-state index contributed by atoms with van der Waals surface area (Å²) in [7, 11) is 2.16. The lowest BCUT2D eigenvalue weighted by atomic mass is 9.98. The van der Waals surface area contributed by atoms with Gasteiger partial charge in [0.25, 0.3) is 0 Å². The van der Waals surface area contributed by atoms with Crippen molar-refractivity contribution in [2.75, 3.05) is 31.6 Å². The highest BCUT2D eigenvalue weighted by atomic mass is 15.3. The molecule has 0 saturated carbocycles. The second-order valence-corrected chi connectivity index (χ2v) is 6.31. The van der Waals surface area contributed by atoms with E-state index in [0.717, 1.165) is 42.3 Å². The predicted molar refractivity (Wildman–Crippen MR) is 83.6 cm³/mol. The van der Waals surface area contributed by atoms with Crippen molar-refractivity contribution >= 4 is 11.5 Å². The van der Waals surface area contributed by atoms with Crippen LogP contribution >= 0.6 is 0 Å². The summed E-state index contributed by atoms with van der Waals surface area (Å²) < 4.78 is 0. The molecule has 2 rings (SSSR count). The third kappa shape index (κ3) is 2.63. The monoisotopic (exact) mass is 275 g/mol. The second kappa shape index (κ2) is 5.05. The Bertz CT molecular complexity index is 535. The number of likely N-dealkylation sites (N-methyl/N-ethyl adjacent to an activating group) is 1. The Balaban J connectivity index is 2.45. The number of amidine groups is 1. The Morgan fingerprint density at radius 3 is 2.55 bits per heavy atom. The predicted octanol–water partition coefficient (Wildman–Crippen LogP) is 1.51. The van der Waals surface area contributed by atoms with Crippen LogP contribution in [0.2, 0.25) is 0 Å². The van der Waals surface area contributed by atoms with Gasteiger partial charge in [-0.05, 0) is 40.8 Å². The van der Waals surface area contributed by atoms with Crippen molar-refractivity contribution in [2.45, 2.75) is 33.2 Å². The number of nitrogens with one attached hydrogen (secondary N) is 1. The number of nitrogens with two attached hydrogens (primary N) is 1. The fourth-order valence-electron chi connectivity index (χ4n) is 2.84. The normalized spacial score (nSPS) is 19.1. The number of aromatic nitrogens is 1. The highest BCUT2D eigenvalue weighted by Crippen LogP contribution is 2.28. The summed E-state index contributed by atoms with van der Waals surface area (Å²) in [5, 5.41) is 7.85. The zero-order valence-electron chi connectivity index (χ0n) is 13.1. The Kier molecular flexibility index (Phi) is 3.73. The van der Waals surface area contributed by atoms with Crippen LogP contribution in [0.5, 0.6) is 0 Å². The van der Waals surface area contributed by atoms with Gasteiger partial charge in [-0.1, -0.05) is 0 Å². The first-order valence-electron chi connectivity index (χ1n) is 7.01. The topological polar surface area (TPSA) is 69.2 Å². The summed E-state index contributed by atoms with van der Waals surface area (Å²) >= 11 is 0. The van der Waals surface area contributed by atoms with Crippen LogP contribution in [0.1, 0.15) is 30.8 Å². The van der Waals surface area contributed by atoms with Gasteiger partial charge in [0, 0.05) is 30.9 Å². The number of hydrogen-bond donors (Lipinski definition) is 2. The molecule has 0 unspecified atom stereocenters. The van der Waals surface area contributed by atoms with Crippen molar-refractivity contribution < 1.29 is 0 Å². The Morgan fingerprint density at radius 1 is 1.35 bits per heavy atom. The summed E-state index contributed by atoms with van der Waals surface area (Å²) in [5.41, 5.74) is 9.51. The molecule has 110 valence electrons. The van der Waals surface area contributed by atoms with Crippen LogP contribution in [0, 0.1) is 19.3 Å². The van der Waals surface area contributed by atoms with Crippen molar-refractivity contribution in [1.82, 2.24) is 9.88 Å². The van der Waals surface area contributed by atoms with Crippen molar-refractivity contribution in [3.05, 3.63) is 23.0 Å². The van der Waals surface area contributed by atoms with Crippen molar-refractivity contribution in [3.8, 4) is 0 Å². The van der Waals surface area contributed by atoms with Gasteiger partial charge in [0.05, 0.1) is 16.9 Å². The van der Waals surface area contributed by atoms with E-state index in [4.69, 9.17) is 11.1 Å². The van der Waals surface area contributed by atoms with E-state index in [-0.39, 0.29) is 11.4 Å². The molecule has 1 aliphatic rings. The van der Waals surface area contributed by atoms with Gasteiger partial charge in [-0.3, -0.25) is 15.3 Å². The minimum atomic E-state index is 0.0988. The first-order chi connectivity index (χ1) is 9.22. The van der Waals surface area contributed by atoms with E-state index in [1.165, 1.54) is 0 Å². The Morgan fingerprint density at radius 2 is 2.00 bits per heavy atom. The lowest BCUT2D eigenvalue weighted by Crippen LogP contribution is -2.58.